The van der Waals surface area contributed by atoms with Crippen molar-refractivity contribution < 1.29 is 9.53 Å². The maximum Gasteiger partial charge on any atom is 0.138 e. The Balaban J connectivity index is 1.82. The molecule has 2 atom stereocenters. The minimum Gasteiger partial charge on any atom is -0.378 e. The van der Waals surface area contributed by atoms with Gasteiger partial charge in [-0.2, -0.15) is 11.3 Å². The molecule has 0 spiro atoms. The number of carbonyl (C=O) groups is 1. The number of hydrogen-bond acceptors (Lipinski definition) is 3. The predicted molar refractivity (Wildman–Crippen MR) is 61.2 cm³/mol. The molecule has 2 rings (SSSR count). The molecule has 0 bridgehead atoms. The van der Waals surface area contributed by atoms with Crippen LogP contribution in [0.4, 0.5) is 0 Å². The minimum absolute atomic E-state index is 0.125. The zero-order chi connectivity index (χ0) is 10.7. The molecule has 2 heterocycles. The molecule has 3 heteroatoms. The number of Topliss-reactive ketones (excluding diaryl/α,β-unsaturated/α-hetero) is 1. The number of carbonyl (C=O) groups excluding carboxylic acids is 1. The van der Waals surface area contributed by atoms with Crippen LogP contribution in [-0.4, -0.2) is 18.5 Å². The summed E-state index contributed by atoms with van der Waals surface area (Å²) in [7, 11) is 0. The van der Waals surface area contributed by atoms with E-state index in [9.17, 15) is 4.79 Å². The fourth-order valence-corrected chi connectivity index (χ4v) is 2.75. The lowest BCUT2D eigenvalue weighted by Crippen LogP contribution is -2.21. The van der Waals surface area contributed by atoms with Gasteiger partial charge in [-0.15, -0.1) is 0 Å². The fraction of sp³-hybridized carbons (Fsp3) is 0.583. The molecule has 0 amide bonds. The van der Waals surface area contributed by atoms with Gasteiger partial charge in [-0.25, -0.2) is 0 Å². The minimum atomic E-state index is 0.125. The Morgan fingerprint density at radius 3 is 3.13 bits per heavy atom. The standard InChI is InChI=1S/C12H16O2S/c1-9-11(4-6-14-9)12(13)3-2-10-5-7-15-8-10/h5,7-9,11H,2-4,6H2,1H3. The van der Waals surface area contributed by atoms with E-state index >= 15 is 0 Å². The summed E-state index contributed by atoms with van der Waals surface area (Å²) in [6.45, 7) is 2.75. The molecule has 0 aromatic carbocycles. The van der Waals surface area contributed by atoms with E-state index in [4.69, 9.17) is 4.74 Å². The van der Waals surface area contributed by atoms with Crippen molar-refractivity contribution in [3.8, 4) is 0 Å². The lowest BCUT2D eigenvalue weighted by molar-refractivity contribution is -0.124. The molecule has 1 fully saturated rings. The molecule has 0 saturated carbocycles. The van der Waals surface area contributed by atoms with E-state index in [0.29, 0.717) is 12.2 Å². The molecule has 0 aliphatic carbocycles. The summed E-state index contributed by atoms with van der Waals surface area (Å²) < 4.78 is 5.40. The average molecular weight is 224 g/mol. The van der Waals surface area contributed by atoms with Crippen molar-refractivity contribution in [1.82, 2.24) is 0 Å². The third-order valence-corrected chi connectivity index (χ3v) is 3.76. The number of ketones is 1. The van der Waals surface area contributed by atoms with Gasteiger partial charge in [0.05, 0.1) is 6.10 Å². The SMILES string of the molecule is CC1OCCC1C(=O)CCc1ccsc1. The zero-order valence-electron chi connectivity index (χ0n) is 8.94. The highest BCUT2D eigenvalue weighted by Crippen LogP contribution is 2.23. The fourth-order valence-electron chi connectivity index (χ4n) is 2.04. The summed E-state index contributed by atoms with van der Waals surface area (Å²) in [5.41, 5.74) is 1.28. The Hall–Kier alpha value is -0.670. The maximum absolute atomic E-state index is 11.9. The number of hydrogen-bond donors (Lipinski definition) is 0. The van der Waals surface area contributed by atoms with Crippen molar-refractivity contribution in [3.05, 3.63) is 22.4 Å². The summed E-state index contributed by atoms with van der Waals surface area (Å²) in [5.74, 6) is 0.509. The van der Waals surface area contributed by atoms with Crippen LogP contribution in [0.2, 0.25) is 0 Å². The van der Waals surface area contributed by atoms with Crippen LogP contribution in [-0.2, 0) is 16.0 Å². The van der Waals surface area contributed by atoms with E-state index in [1.807, 2.05) is 6.92 Å². The summed E-state index contributed by atoms with van der Waals surface area (Å²) >= 11 is 1.69. The number of rotatable bonds is 4. The van der Waals surface area contributed by atoms with Crippen LogP contribution in [0.25, 0.3) is 0 Å². The Morgan fingerprint density at radius 2 is 2.53 bits per heavy atom. The second-order valence-electron chi connectivity index (χ2n) is 4.07. The van der Waals surface area contributed by atoms with E-state index in [2.05, 4.69) is 16.8 Å². The van der Waals surface area contributed by atoms with Crippen molar-refractivity contribution in [1.29, 1.82) is 0 Å². The predicted octanol–water partition coefficient (Wildman–Crippen LogP) is 2.67. The van der Waals surface area contributed by atoms with Gasteiger partial charge >= 0.3 is 0 Å². The first-order valence-corrected chi connectivity index (χ1v) is 6.37. The lowest BCUT2D eigenvalue weighted by Gasteiger charge is -2.11. The van der Waals surface area contributed by atoms with E-state index < -0.39 is 0 Å². The molecule has 1 aromatic heterocycles. The number of aryl methyl sites for hydroxylation is 1. The van der Waals surface area contributed by atoms with Crippen molar-refractivity contribution >= 4 is 17.1 Å². The Bertz CT molecular complexity index is 318. The molecule has 82 valence electrons. The molecule has 1 aliphatic heterocycles. The first-order valence-electron chi connectivity index (χ1n) is 5.43. The molecule has 15 heavy (non-hydrogen) atoms. The monoisotopic (exact) mass is 224 g/mol. The second kappa shape index (κ2) is 4.90. The highest BCUT2D eigenvalue weighted by Gasteiger charge is 2.29. The van der Waals surface area contributed by atoms with Crippen LogP contribution in [0.15, 0.2) is 16.8 Å². The van der Waals surface area contributed by atoms with Crippen LogP contribution >= 0.6 is 11.3 Å². The van der Waals surface area contributed by atoms with Gasteiger partial charge in [0, 0.05) is 18.9 Å². The highest BCUT2D eigenvalue weighted by atomic mass is 32.1. The largest absolute Gasteiger partial charge is 0.378 e. The van der Waals surface area contributed by atoms with Crippen LogP contribution in [0.1, 0.15) is 25.3 Å². The highest BCUT2D eigenvalue weighted by molar-refractivity contribution is 7.07. The van der Waals surface area contributed by atoms with E-state index in [1.165, 1.54) is 5.56 Å². The lowest BCUT2D eigenvalue weighted by atomic mass is 9.93. The average Bonchev–Trinajstić information content (AvgIpc) is 2.84. The van der Waals surface area contributed by atoms with Gasteiger partial charge in [0.25, 0.3) is 0 Å². The van der Waals surface area contributed by atoms with E-state index in [1.54, 1.807) is 11.3 Å². The molecule has 2 unspecified atom stereocenters. The Morgan fingerprint density at radius 1 is 1.67 bits per heavy atom. The molecule has 0 radical (unpaired) electrons. The first kappa shape index (κ1) is 10.8. The normalized spacial score (nSPS) is 25.7. The topological polar surface area (TPSA) is 26.3 Å². The Labute approximate surface area is 94.3 Å². The van der Waals surface area contributed by atoms with Crippen molar-refractivity contribution in [3.63, 3.8) is 0 Å². The summed E-state index contributed by atoms with van der Waals surface area (Å²) in [6, 6.07) is 2.09. The summed E-state index contributed by atoms with van der Waals surface area (Å²) in [5, 5.41) is 4.17. The van der Waals surface area contributed by atoms with Gasteiger partial charge < -0.3 is 4.74 Å². The number of thiophene rings is 1. The van der Waals surface area contributed by atoms with Gasteiger partial charge in [0.15, 0.2) is 0 Å². The van der Waals surface area contributed by atoms with Gasteiger partial charge in [-0.05, 0) is 42.2 Å². The summed E-state index contributed by atoms with van der Waals surface area (Å²) in [4.78, 5) is 11.9. The third-order valence-electron chi connectivity index (χ3n) is 3.03. The van der Waals surface area contributed by atoms with Crippen LogP contribution in [0.5, 0.6) is 0 Å². The molecule has 1 saturated heterocycles. The van der Waals surface area contributed by atoms with Crippen molar-refractivity contribution in [2.24, 2.45) is 5.92 Å². The molecule has 1 aliphatic rings. The van der Waals surface area contributed by atoms with E-state index in [0.717, 1.165) is 19.4 Å². The summed E-state index contributed by atoms with van der Waals surface area (Å²) in [6.07, 6.45) is 2.57. The van der Waals surface area contributed by atoms with Crippen LogP contribution < -0.4 is 0 Å². The third kappa shape index (κ3) is 2.67. The smallest absolute Gasteiger partial charge is 0.138 e. The molecule has 2 nitrogen and oxygen atoms in total. The Kier molecular flexibility index (Phi) is 3.54. The first-order chi connectivity index (χ1) is 7.27. The van der Waals surface area contributed by atoms with Gasteiger partial charge in [-0.3, -0.25) is 4.79 Å². The van der Waals surface area contributed by atoms with Crippen molar-refractivity contribution in [2.75, 3.05) is 6.61 Å². The van der Waals surface area contributed by atoms with Gasteiger partial charge in [0.2, 0.25) is 0 Å². The molecule has 0 N–H and O–H groups in total. The second-order valence-corrected chi connectivity index (χ2v) is 4.85. The molecule has 1 aromatic rings. The van der Waals surface area contributed by atoms with E-state index in [-0.39, 0.29) is 12.0 Å². The number of ether oxygens (including phenoxy) is 1. The maximum atomic E-state index is 11.9. The van der Waals surface area contributed by atoms with Crippen LogP contribution in [0, 0.1) is 5.92 Å². The van der Waals surface area contributed by atoms with Crippen LogP contribution in [0.3, 0.4) is 0 Å². The van der Waals surface area contributed by atoms with Crippen molar-refractivity contribution in [2.45, 2.75) is 32.3 Å². The van der Waals surface area contributed by atoms with Gasteiger partial charge in [0.1, 0.15) is 5.78 Å². The quantitative estimate of drug-likeness (QED) is 0.786. The zero-order valence-corrected chi connectivity index (χ0v) is 9.76. The molecular formula is C12H16O2S. The molecular weight excluding hydrogens is 208 g/mol. The van der Waals surface area contributed by atoms with Gasteiger partial charge in [-0.1, -0.05) is 0 Å².